The fourth-order valence-electron chi connectivity index (χ4n) is 1.71. The molecule has 0 bridgehead atoms. The molecule has 1 aromatic heterocycles. The standard InChI is InChI=1S/C9H10ClFN2.ClH/c10-7-4-13-5-8(11)9(7)6-1-2-12-3-6;/h4-6,12H,1-3H2;1H. The summed E-state index contributed by atoms with van der Waals surface area (Å²) in [5.74, 6) is -0.0864. The van der Waals surface area contributed by atoms with E-state index >= 15 is 0 Å². The van der Waals surface area contributed by atoms with Gasteiger partial charge in [-0.3, -0.25) is 4.98 Å². The predicted molar refractivity (Wildman–Crippen MR) is 56.7 cm³/mol. The molecule has 1 atom stereocenters. The van der Waals surface area contributed by atoms with E-state index in [1.54, 1.807) is 0 Å². The zero-order chi connectivity index (χ0) is 9.26. The van der Waals surface area contributed by atoms with E-state index in [9.17, 15) is 4.39 Å². The van der Waals surface area contributed by atoms with Gasteiger partial charge in [0.15, 0.2) is 0 Å². The zero-order valence-corrected chi connectivity index (χ0v) is 9.04. The molecule has 1 aromatic rings. The lowest BCUT2D eigenvalue weighted by molar-refractivity contribution is 0.582. The molecule has 0 aliphatic carbocycles. The molecular formula is C9H11Cl2FN2. The lowest BCUT2D eigenvalue weighted by Crippen LogP contribution is -2.09. The molecule has 1 saturated heterocycles. The predicted octanol–water partition coefficient (Wildman–Crippen LogP) is 2.37. The highest BCUT2D eigenvalue weighted by molar-refractivity contribution is 6.31. The third-order valence-electron chi connectivity index (χ3n) is 2.36. The first kappa shape index (κ1) is 11.7. The summed E-state index contributed by atoms with van der Waals surface area (Å²) in [7, 11) is 0. The maximum Gasteiger partial charge on any atom is 0.146 e. The highest BCUT2D eigenvalue weighted by atomic mass is 35.5. The molecule has 78 valence electrons. The number of nitrogens with zero attached hydrogens (tertiary/aromatic N) is 1. The van der Waals surface area contributed by atoms with Crippen LogP contribution in [0, 0.1) is 5.82 Å². The molecule has 2 heterocycles. The normalized spacial score (nSPS) is 20.6. The van der Waals surface area contributed by atoms with Crippen LogP contribution in [0.3, 0.4) is 0 Å². The number of rotatable bonds is 1. The van der Waals surface area contributed by atoms with Gasteiger partial charge in [0.2, 0.25) is 0 Å². The van der Waals surface area contributed by atoms with Crippen LogP contribution in [0.2, 0.25) is 5.02 Å². The third-order valence-corrected chi connectivity index (χ3v) is 2.66. The first-order valence-electron chi connectivity index (χ1n) is 4.28. The van der Waals surface area contributed by atoms with Crippen molar-refractivity contribution in [1.82, 2.24) is 10.3 Å². The first-order chi connectivity index (χ1) is 6.29. The first-order valence-corrected chi connectivity index (χ1v) is 4.66. The van der Waals surface area contributed by atoms with E-state index in [0.29, 0.717) is 10.6 Å². The van der Waals surface area contributed by atoms with E-state index in [1.165, 1.54) is 12.4 Å². The average Bonchev–Trinajstić information content (AvgIpc) is 2.57. The summed E-state index contributed by atoms with van der Waals surface area (Å²) in [5, 5.41) is 3.62. The molecule has 0 spiro atoms. The van der Waals surface area contributed by atoms with E-state index in [1.807, 2.05) is 0 Å². The molecule has 0 saturated carbocycles. The van der Waals surface area contributed by atoms with Gasteiger partial charge in [-0.25, -0.2) is 4.39 Å². The number of hydrogen-bond acceptors (Lipinski definition) is 2. The lowest BCUT2D eigenvalue weighted by Gasteiger charge is -2.10. The summed E-state index contributed by atoms with van der Waals surface area (Å²) < 4.78 is 13.3. The lowest BCUT2D eigenvalue weighted by atomic mass is 9.99. The molecule has 1 aliphatic heterocycles. The van der Waals surface area contributed by atoms with E-state index < -0.39 is 0 Å². The Labute approximate surface area is 93.3 Å². The topological polar surface area (TPSA) is 24.9 Å². The van der Waals surface area contributed by atoms with Gasteiger partial charge in [0.1, 0.15) is 5.82 Å². The van der Waals surface area contributed by atoms with Crippen LogP contribution in [-0.4, -0.2) is 18.1 Å². The van der Waals surface area contributed by atoms with Gasteiger partial charge in [-0.05, 0) is 13.0 Å². The highest BCUT2D eigenvalue weighted by Gasteiger charge is 2.22. The third kappa shape index (κ3) is 2.16. The van der Waals surface area contributed by atoms with Gasteiger partial charge >= 0.3 is 0 Å². The van der Waals surface area contributed by atoms with E-state index in [2.05, 4.69) is 10.3 Å². The maximum atomic E-state index is 13.3. The summed E-state index contributed by atoms with van der Waals surface area (Å²) in [6, 6.07) is 0. The number of hydrogen-bond donors (Lipinski definition) is 1. The van der Waals surface area contributed by atoms with Crippen LogP contribution in [0.25, 0.3) is 0 Å². The van der Waals surface area contributed by atoms with E-state index in [-0.39, 0.29) is 24.1 Å². The number of pyridine rings is 1. The minimum absolute atomic E-state index is 0. The van der Waals surface area contributed by atoms with Crippen molar-refractivity contribution >= 4 is 24.0 Å². The molecule has 1 unspecified atom stereocenters. The average molecular weight is 237 g/mol. The fraction of sp³-hybridized carbons (Fsp3) is 0.444. The second-order valence-electron chi connectivity index (χ2n) is 3.21. The van der Waals surface area contributed by atoms with E-state index in [0.717, 1.165) is 19.5 Å². The molecular weight excluding hydrogens is 226 g/mol. The Bertz CT molecular complexity index is 293. The smallest absolute Gasteiger partial charge is 0.146 e. The Hall–Kier alpha value is -0.380. The maximum absolute atomic E-state index is 13.3. The Morgan fingerprint density at radius 2 is 2.29 bits per heavy atom. The molecule has 1 aliphatic rings. The zero-order valence-electron chi connectivity index (χ0n) is 7.46. The van der Waals surface area contributed by atoms with Crippen LogP contribution in [-0.2, 0) is 0 Å². The molecule has 1 fully saturated rings. The summed E-state index contributed by atoms with van der Waals surface area (Å²) in [5.41, 5.74) is 0.613. The Balaban J connectivity index is 0.000000980. The van der Waals surface area contributed by atoms with E-state index in [4.69, 9.17) is 11.6 Å². The minimum Gasteiger partial charge on any atom is -0.316 e. The Morgan fingerprint density at radius 1 is 1.50 bits per heavy atom. The molecule has 5 heteroatoms. The van der Waals surface area contributed by atoms with Gasteiger partial charge in [0.25, 0.3) is 0 Å². The van der Waals surface area contributed by atoms with Crippen molar-refractivity contribution in [2.45, 2.75) is 12.3 Å². The van der Waals surface area contributed by atoms with Crippen molar-refractivity contribution in [2.24, 2.45) is 0 Å². The molecule has 0 amide bonds. The van der Waals surface area contributed by atoms with Crippen LogP contribution in [0.4, 0.5) is 4.39 Å². The molecule has 14 heavy (non-hydrogen) atoms. The van der Waals surface area contributed by atoms with Gasteiger partial charge in [-0.2, -0.15) is 0 Å². The van der Waals surface area contributed by atoms with Crippen molar-refractivity contribution in [3.8, 4) is 0 Å². The monoisotopic (exact) mass is 236 g/mol. The van der Waals surface area contributed by atoms with Crippen LogP contribution in [0.15, 0.2) is 12.4 Å². The molecule has 0 radical (unpaired) electrons. The van der Waals surface area contributed by atoms with Gasteiger partial charge in [0.05, 0.1) is 11.2 Å². The molecule has 0 aromatic carbocycles. The Kier molecular flexibility index (Phi) is 4.11. The Morgan fingerprint density at radius 3 is 2.86 bits per heavy atom. The van der Waals surface area contributed by atoms with Crippen molar-refractivity contribution in [1.29, 1.82) is 0 Å². The fourth-order valence-corrected chi connectivity index (χ4v) is 2.01. The number of nitrogens with one attached hydrogen (secondary N) is 1. The van der Waals surface area contributed by atoms with Crippen LogP contribution >= 0.6 is 24.0 Å². The summed E-state index contributed by atoms with van der Waals surface area (Å²) in [4.78, 5) is 3.69. The van der Waals surface area contributed by atoms with Crippen LogP contribution in [0.5, 0.6) is 0 Å². The SMILES string of the molecule is Cl.Fc1cncc(Cl)c1C1CCNC1. The quantitative estimate of drug-likeness (QED) is 0.811. The molecule has 2 nitrogen and oxygen atoms in total. The van der Waals surface area contributed by atoms with Gasteiger partial charge in [-0.15, -0.1) is 12.4 Å². The largest absolute Gasteiger partial charge is 0.316 e. The van der Waals surface area contributed by atoms with Gasteiger partial charge in [-0.1, -0.05) is 11.6 Å². The van der Waals surface area contributed by atoms with Gasteiger partial charge < -0.3 is 5.32 Å². The number of halogens is 3. The van der Waals surface area contributed by atoms with Crippen molar-refractivity contribution in [3.63, 3.8) is 0 Å². The summed E-state index contributed by atoms with van der Waals surface area (Å²) in [6.45, 7) is 1.74. The van der Waals surface area contributed by atoms with Crippen LogP contribution in [0.1, 0.15) is 17.9 Å². The number of aromatic nitrogens is 1. The second kappa shape index (κ2) is 4.91. The minimum atomic E-state index is -0.291. The summed E-state index contributed by atoms with van der Waals surface area (Å²) >= 11 is 5.88. The highest BCUT2D eigenvalue weighted by Crippen LogP contribution is 2.30. The van der Waals surface area contributed by atoms with Gasteiger partial charge in [0, 0.05) is 24.2 Å². The summed E-state index contributed by atoms with van der Waals surface area (Å²) in [6.07, 6.45) is 3.67. The molecule has 1 N–H and O–H groups in total. The van der Waals surface area contributed by atoms with Crippen molar-refractivity contribution in [2.75, 3.05) is 13.1 Å². The second-order valence-corrected chi connectivity index (χ2v) is 3.61. The van der Waals surface area contributed by atoms with Crippen molar-refractivity contribution in [3.05, 3.63) is 28.8 Å². The van der Waals surface area contributed by atoms with Crippen molar-refractivity contribution < 1.29 is 4.39 Å². The molecule has 2 rings (SSSR count). The van der Waals surface area contributed by atoms with Crippen LogP contribution < -0.4 is 5.32 Å².